The van der Waals surface area contributed by atoms with Crippen LogP contribution in [-0.2, 0) is 4.79 Å². The summed E-state index contributed by atoms with van der Waals surface area (Å²) in [5, 5.41) is 9.20. The number of benzene rings is 1. The van der Waals surface area contributed by atoms with Crippen molar-refractivity contribution in [1.29, 1.82) is 0 Å². The van der Waals surface area contributed by atoms with Crippen LogP contribution in [0.3, 0.4) is 0 Å². The molecule has 0 aromatic heterocycles. The van der Waals surface area contributed by atoms with Crippen molar-refractivity contribution in [2.24, 2.45) is 5.92 Å². The summed E-state index contributed by atoms with van der Waals surface area (Å²) in [5.41, 5.74) is 1.55. The van der Waals surface area contributed by atoms with Crippen LogP contribution < -0.4 is 4.90 Å². The van der Waals surface area contributed by atoms with Crippen LogP contribution in [0, 0.1) is 12.8 Å². The first kappa shape index (κ1) is 14.1. The van der Waals surface area contributed by atoms with E-state index in [4.69, 9.17) is 0 Å². The predicted molar refractivity (Wildman–Crippen MR) is 76.6 cm³/mol. The average Bonchev–Trinajstić information content (AvgIpc) is 3.17. The minimum Gasteiger partial charge on any atom is -0.478 e. The first-order valence-electron chi connectivity index (χ1n) is 6.30. The normalized spacial score (nSPS) is 14.3. The molecule has 0 unspecified atom stereocenters. The monoisotopic (exact) mass is 325 g/mol. The Bertz CT molecular complexity index is 538. The molecule has 1 saturated carbocycles. The molecule has 1 amide bonds. The van der Waals surface area contributed by atoms with Crippen LogP contribution in [0.2, 0.25) is 0 Å². The van der Waals surface area contributed by atoms with Gasteiger partial charge in [0.2, 0.25) is 5.91 Å². The number of aromatic carboxylic acids is 1. The molecule has 4 nitrogen and oxygen atoms in total. The van der Waals surface area contributed by atoms with Crippen molar-refractivity contribution in [2.75, 3.05) is 11.4 Å². The second kappa shape index (κ2) is 5.33. The molecule has 1 fully saturated rings. The van der Waals surface area contributed by atoms with Gasteiger partial charge in [-0.1, -0.05) is 15.9 Å². The maximum atomic E-state index is 12.2. The number of hydrogen-bond donors (Lipinski definition) is 1. The van der Waals surface area contributed by atoms with Crippen LogP contribution in [0.1, 0.15) is 35.7 Å². The van der Waals surface area contributed by atoms with E-state index in [1.807, 2.05) is 13.0 Å². The van der Waals surface area contributed by atoms with Crippen LogP contribution in [-0.4, -0.2) is 23.5 Å². The molecule has 1 aliphatic carbocycles. The van der Waals surface area contributed by atoms with Crippen molar-refractivity contribution in [2.45, 2.75) is 26.7 Å². The highest BCUT2D eigenvalue weighted by Gasteiger charge is 2.34. The van der Waals surface area contributed by atoms with E-state index >= 15 is 0 Å². The van der Waals surface area contributed by atoms with E-state index in [-0.39, 0.29) is 17.4 Å². The Kier molecular flexibility index (Phi) is 3.94. The Balaban J connectivity index is 2.47. The second-order valence-corrected chi connectivity index (χ2v) is 5.68. The number of hydrogen-bond acceptors (Lipinski definition) is 2. The highest BCUT2D eigenvalue weighted by molar-refractivity contribution is 9.10. The maximum Gasteiger partial charge on any atom is 0.336 e. The van der Waals surface area contributed by atoms with Gasteiger partial charge >= 0.3 is 5.97 Å². The summed E-state index contributed by atoms with van der Waals surface area (Å²) in [5.74, 6) is -0.762. The first-order chi connectivity index (χ1) is 8.95. The van der Waals surface area contributed by atoms with Gasteiger partial charge in [-0.2, -0.15) is 0 Å². The standard InChI is InChI=1S/C14H16BrNO3/c1-3-16(13(17)9-4-5-9)12-7-10(15)6-11(8(12)2)14(18)19/h6-7,9H,3-5H2,1-2H3,(H,18,19). The molecule has 0 saturated heterocycles. The number of anilines is 1. The lowest BCUT2D eigenvalue weighted by Gasteiger charge is -2.24. The first-order valence-corrected chi connectivity index (χ1v) is 7.09. The topological polar surface area (TPSA) is 57.6 Å². The largest absolute Gasteiger partial charge is 0.478 e. The lowest BCUT2D eigenvalue weighted by molar-refractivity contribution is -0.119. The summed E-state index contributed by atoms with van der Waals surface area (Å²) < 4.78 is 0.674. The SMILES string of the molecule is CCN(C(=O)C1CC1)c1cc(Br)cc(C(=O)O)c1C. The minimum atomic E-state index is -0.977. The molecule has 0 heterocycles. The quantitative estimate of drug-likeness (QED) is 0.924. The van der Waals surface area contributed by atoms with Crippen molar-refractivity contribution in [3.63, 3.8) is 0 Å². The maximum absolute atomic E-state index is 12.2. The number of halogens is 1. The Morgan fingerprint density at radius 1 is 1.42 bits per heavy atom. The molecule has 0 bridgehead atoms. The predicted octanol–water partition coefficient (Wildman–Crippen LogP) is 3.22. The lowest BCUT2D eigenvalue weighted by atomic mass is 10.1. The van der Waals surface area contributed by atoms with Crippen LogP contribution in [0.25, 0.3) is 0 Å². The molecule has 1 aromatic carbocycles. The third-order valence-corrected chi connectivity index (χ3v) is 3.83. The van der Waals surface area contributed by atoms with E-state index in [9.17, 15) is 14.7 Å². The molecule has 1 N–H and O–H groups in total. The third-order valence-electron chi connectivity index (χ3n) is 3.38. The number of carboxylic acids is 1. The van der Waals surface area contributed by atoms with Crippen molar-refractivity contribution in [3.05, 3.63) is 27.7 Å². The Morgan fingerprint density at radius 2 is 2.05 bits per heavy atom. The van der Waals surface area contributed by atoms with E-state index in [1.165, 1.54) is 0 Å². The van der Waals surface area contributed by atoms with Gasteiger partial charge in [-0.05, 0) is 44.4 Å². The molecule has 2 rings (SSSR count). The van der Waals surface area contributed by atoms with Crippen LogP contribution >= 0.6 is 15.9 Å². The zero-order chi connectivity index (χ0) is 14.2. The van der Waals surface area contributed by atoms with E-state index < -0.39 is 5.97 Å². The molecule has 0 spiro atoms. The van der Waals surface area contributed by atoms with E-state index in [0.29, 0.717) is 22.3 Å². The number of carboxylic acid groups (broad SMARTS) is 1. The van der Waals surface area contributed by atoms with Gasteiger partial charge in [-0.15, -0.1) is 0 Å². The fourth-order valence-corrected chi connectivity index (χ4v) is 2.61. The van der Waals surface area contributed by atoms with E-state index in [2.05, 4.69) is 15.9 Å². The van der Waals surface area contributed by atoms with Crippen LogP contribution in [0.15, 0.2) is 16.6 Å². The van der Waals surface area contributed by atoms with Crippen molar-refractivity contribution in [3.8, 4) is 0 Å². The fraction of sp³-hybridized carbons (Fsp3) is 0.429. The highest BCUT2D eigenvalue weighted by Crippen LogP contribution is 2.35. The zero-order valence-electron chi connectivity index (χ0n) is 10.9. The second-order valence-electron chi connectivity index (χ2n) is 4.76. The molecule has 5 heteroatoms. The molecule has 102 valence electrons. The molecule has 19 heavy (non-hydrogen) atoms. The molecule has 1 aliphatic rings. The summed E-state index contributed by atoms with van der Waals surface area (Å²) in [7, 11) is 0. The number of amides is 1. The van der Waals surface area contributed by atoms with Crippen molar-refractivity contribution < 1.29 is 14.7 Å². The molecule has 1 aromatic rings. The van der Waals surface area contributed by atoms with Crippen LogP contribution in [0.4, 0.5) is 5.69 Å². The number of nitrogens with zero attached hydrogens (tertiary/aromatic N) is 1. The minimum absolute atomic E-state index is 0.0973. The average molecular weight is 326 g/mol. The zero-order valence-corrected chi connectivity index (χ0v) is 12.5. The van der Waals surface area contributed by atoms with Gasteiger partial charge in [0.1, 0.15) is 0 Å². The van der Waals surface area contributed by atoms with Crippen molar-refractivity contribution >= 4 is 33.5 Å². The van der Waals surface area contributed by atoms with Gasteiger partial charge in [0, 0.05) is 22.6 Å². The summed E-state index contributed by atoms with van der Waals surface area (Å²) in [6, 6.07) is 3.38. The number of carbonyl (C=O) groups is 2. The Labute approximate surface area is 120 Å². The molecule has 0 atom stereocenters. The van der Waals surface area contributed by atoms with Gasteiger partial charge in [-0.3, -0.25) is 4.79 Å². The van der Waals surface area contributed by atoms with Gasteiger partial charge in [0.15, 0.2) is 0 Å². The molecular formula is C14H16BrNO3. The van der Waals surface area contributed by atoms with E-state index in [0.717, 1.165) is 12.8 Å². The summed E-state index contributed by atoms with van der Waals surface area (Å²) in [6.45, 7) is 4.20. The smallest absolute Gasteiger partial charge is 0.336 e. The fourth-order valence-electron chi connectivity index (χ4n) is 2.16. The summed E-state index contributed by atoms with van der Waals surface area (Å²) in [6.07, 6.45) is 1.88. The number of carbonyl (C=O) groups excluding carboxylic acids is 1. The lowest BCUT2D eigenvalue weighted by Crippen LogP contribution is -2.32. The Hall–Kier alpha value is -1.36. The third kappa shape index (κ3) is 2.81. The number of rotatable bonds is 4. The Morgan fingerprint density at radius 3 is 2.53 bits per heavy atom. The van der Waals surface area contributed by atoms with Crippen molar-refractivity contribution in [1.82, 2.24) is 0 Å². The van der Waals surface area contributed by atoms with Crippen LogP contribution in [0.5, 0.6) is 0 Å². The van der Waals surface area contributed by atoms with Gasteiger partial charge in [0.05, 0.1) is 5.56 Å². The molecule has 0 aliphatic heterocycles. The van der Waals surface area contributed by atoms with Gasteiger partial charge in [0.25, 0.3) is 0 Å². The van der Waals surface area contributed by atoms with Gasteiger partial charge in [-0.25, -0.2) is 4.79 Å². The molecule has 0 radical (unpaired) electrons. The summed E-state index contributed by atoms with van der Waals surface area (Å²) in [4.78, 5) is 25.2. The summed E-state index contributed by atoms with van der Waals surface area (Å²) >= 11 is 3.31. The molecular weight excluding hydrogens is 310 g/mol. The highest BCUT2D eigenvalue weighted by atomic mass is 79.9. The van der Waals surface area contributed by atoms with Gasteiger partial charge < -0.3 is 10.0 Å². The van der Waals surface area contributed by atoms with E-state index in [1.54, 1.807) is 17.9 Å².